The molecule has 0 radical (unpaired) electrons. The fraction of sp³-hybridized carbons (Fsp3) is 0.571. The number of ether oxygens (including phenoxy) is 1. The van der Waals surface area contributed by atoms with Crippen molar-refractivity contribution in [1.82, 2.24) is 4.90 Å². The van der Waals surface area contributed by atoms with Crippen molar-refractivity contribution in [2.24, 2.45) is 0 Å². The monoisotopic (exact) mass is 250 g/mol. The van der Waals surface area contributed by atoms with Crippen LogP contribution in [0.15, 0.2) is 24.3 Å². The Bertz CT molecular complexity index is 387. The molecule has 1 aliphatic rings. The van der Waals surface area contributed by atoms with Gasteiger partial charge in [0.05, 0.1) is 24.9 Å². The van der Waals surface area contributed by atoms with Gasteiger partial charge < -0.3 is 20.1 Å². The molecular weight excluding hydrogens is 228 g/mol. The molecule has 0 saturated carbocycles. The van der Waals surface area contributed by atoms with Crippen molar-refractivity contribution in [1.29, 1.82) is 0 Å². The minimum absolute atomic E-state index is 0.152. The van der Waals surface area contributed by atoms with Gasteiger partial charge in [-0.1, -0.05) is 12.1 Å². The number of aliphatic hydroxyl groups is 1. The summed E-state index contributed by atoms with van der Waals surface area (Å²) in [6.45, 7) is 2.16. The lowest BCUT2D eigenvalue weighted by atomic mass is 9.88. The molecule has 0 aromatic heterocycles. The number of anilines is 1. The Labute approximate surface area is 109 Å². The Morgan fingerprint density at radius 1 is 1.33 bits per heavy atom. The highest BCUT2D eigenvalue weighted by atomic mass is 16.5. The van der Waals surface area contributed by atoms with Crippen molar-refractivity contribution in [2.45, 2.75) is 18.4 Å². The topological polar surface area (TPSA) is 44.7 Å². The van der Waals surface area contributed by atoms with Crippen molar-refractivity contribution in [3.63, 3.8) is 0 Å². The Hall–Kier alpha value is -1.26. The zero-order chi connectivity index (χ0) is 13.0. The number of benzene rings is 1. The molecule has 1 aliphatic heterocycles. The molecule has 2 rings (SSSR count). The first kappa shape index (κ1) is 13.2. The second-order valence-electron chi connectivity index (χ2n) is 5.07. The third kappa shape index (κ3) is 2.76. The van der Waals surface area contributed by atoms with E-state index in [4.69, 9.17) is 4.74 Å². The average molecular weight is 250 g/mol. The summed E-state index contributed by atoms with van der Waals surface area (Å²) in [4.78, 5) is 2.29. The van der Waals surface area contributed by atoms with Crippen molar-refractivity contribution in [2.75, 3.05) is 39.2 Å². The molecule has 0 amide bonds. The average Bonchev–Trinajstić information content (AvgIpc) is 2.42. The quantitative estimate of drug-likeness (QED) is 0.851. The number of nitrogens with zero attached hydrogens (tertiary/aromatic N) is 1. The van der Waals surface area contributed by atoms with E-state index in [1.54, 1.807) is 7.11 Å². The maximum atomic E-state index is 9.73. The van der Waals surface area contributed by atoms with Crippen LogP contribution in [0.2, 0.25) is 0 Å². The van der Waals surface area contributed by atoms with E-state index >= 15 is 0 Å². The molecule has 100 valence electrons. The first-order valence-corrected chi connectivity index (χ1v) is 6.40. The second-order valence-corrected chi connectivity index (χ2v) is 5.07. The van der Waals surface area contributed by atoms with Crippen LogP contribution in [0.5, 0.6) is 5.75 Å². The fourth-order valence-electron chi connectivity index (χ4n) is 2.40. The molecule has 4 heteroatoms. The zero-order valence-corrected chi connectivity index (χ0v) is 11.1. The minimum Gasteiger partial charge on any atom is -0.495 e. The number of nitrogens with one attached hydrogen (secondary N) is 1. The van der Waals surface area contributed by atoms with Crippen molar-refractivity contribution in [3.8, 4) is 5.75 Å². The van der Waals surface area contributed by atoms with Crippen LogP contribution in [0, 0.1) is 0 Å². The lowest BCUT2D eigenvalue weighted by Gasteiger charge is -2.41. The highest BCUT2D eigenvalue weighted by molar-refractivity contribution is 5.57. The Morgan fingerprint density at radius 2 is 2.00 bits per heavy atom. The molecule has 4 nitrogen and oxygen atoms in total. The van der Waals surface area contributed by atoms with Gasteiger partial charge in [-0.15, -0.1) is 0 Å². The maximum absolute atomic E-state index is 9.73. The summed E-state index contributed by atoms with van der Waals surface area (Å²) in [5, 5.41) is 13.2. The molecule has 1 heterocycles. The highest BCUT2D eigenvalue weighted by Gasteiger charge is 2.33. The molecule has 0 unspecified atom stereocenters. The lowest BCUT2D eigenvalue weighted by Crippen LogP contribution is -2.50. The minimum atomic E-state index is -0.221. The van der Waals surface area contributed by atoms with Gasteiger partial charge in [0.2, 0.25) is 0 Å². The summed E-state index contributed by atoms with van der Waals surface area (Å²) in [7, 11) is 3.78. The smallest absolute Gasteiger partial charge is 0.141 e. The van der Waals surface area contributed by atoms with E-state index in [2.05, 4.69) is 17.3 Å². The molecule has 1 fully saturated rings. The molecule has 1 aromatic rings. The molecule has 0 atom stereocenters. The van der Waals surface area contributed by atoms with Crippen molar-refractivity contribution >= 4 is 5.69 Å². The SMILES string of the molecule is COc1ccccc1NC1(CO)CCN(C)CC1. The van der Waals surface area contributed by atoms with Gasteiger partial charge in [-0.2, -0.15) is 0 Å². The van der Waals surface area contributed by atoms with E-state index in [1.807, 2.05) is 24.3 Å². The third-order valence-electron chi connectivity index (χ3n) is 3.75. The Morgan fingerprint density at radius 3 is 2.61 bits per heavy atom. The van der Waals surface area contributed by atoms with E-state index in [0.717, 1.165) is 37.4 Å². The molecule has 1 aromatic carbocycles. The van der Waals surface area contributed by atoms with Gasteiger partial charge in [0, 0.05) is 13.1 Å². The second kappa shape index (κ2) is 5.59. The maximum Gasteiger partial charge on any atom is 0.141 e. The van der Waals surface area contributed by atoms with E-state index in [0.29, 0.717) is 0 Å². The number of hydrogen-bond donors (Lipinski definition) is 2. The third-order valence-corrected chi connectivity index (χ3v) is 3.75. The van der Waals surface area contributed by atoms with Gasteiger partial charge in [-0.25, -0.2) is 0 Å². The van der Waals surface area contributed by atoms with Crippen LogP contribution < -0.4 is 10.1 Å². The Kier molecular flexibility index (Phi) is 4.09. The number of hydrogen-bond acceptors (Lipinski definition) is 4. The molecule has 1 saturated heterocycles. The standard InChI is InChI=1S/C14H22N2O2/c1-16-9-7-14(11-17,8-10-16)15-12-5-3-4-6-13(12)18-2/h3-6,15,17H,7-11H2,1-2H3. The van der Waals surface area contributed by atoms with Crippen LogP contribution in [0.4, 0.5) is 5.69 Å². The van der Waals surface area contributed by atoms with Crippen LogP contribution in [-0.4, -0.2) is 49.4 Å². The molecule has 2 N–H and O–H groups in total. The van der Waals surface area contributed by atoms with Gasteiger partial charge >= 0.3 is 0 Å². The van der Waals surface area contributed by atoms with E-state index in [1.165, 1.54) is 0 Å². The van der Waals surface area contributed by atoms with Gasteiger partial charge in [0.15, 0.2) is 0 Å². The van der Waals surface area contributed by atoms with Crippen molar-refractivity contribution in [3.05, 3.63) is 24.3 Å². The number of aliphatic hydroxyl groups excluding tert-OH is 1. The largest absolute Gasteiger partial charge is 0.495 e. The summed E-state index contributed by atoms with van der Waals surface area (Å²) in [6.07, 6.45) is 1.89. The first-order valence-electron chi connectivity index (χ1n) is 6.40. The van der Waals surface area contributed by atoms with Crippen LogP contribution in [-0.2, 0) is 0 Å². The predicted molar refractivity (Wildman–Crippen MR) is 73.2 cm³/mol. The van der Waals surface area contributed by atoms with Crippen LogP contribution >= 0.6 is 0 Å². The van der Waals surface area contributed by atoms with Crippen LogP contribution in [0.3, 0.4) is 0 Å². The van der Waals surface area contributed by atoms with Gasteiger partial charge in [0.1, 0.15) is 5.75 Å². The van der Waals surface area contributed by atoms with Gasteiger partial charge in [0.25, 0.3) is 0 Å². The summed E-state index contributed by atoms with van der Waals surface area (Å²) in [6, 6.07) is 7.85. The van der Waals surface area contributed by atoms with E-state index < -0.39 is 0 Å². The van der Waals surface area contributed by atoms with Crippen molar-refractivity contribution < 1.29 is 9.84 Å². The van der Waals surface area contributed by atoms with Crippen LogP contribution in [0.25, 0.3) is 0 Å². The first-order chi connectivity index (χ1) is 8.69. The van der Waals surface area contributed by atoms with E-state index in [-0.39, 0.29) is 12.1 Å². The molecule has 0 bridgehead atoms. The fourth-order valence-corrected chi connectivity index (χ4v) is 2.40. The van der Waals surface area contributed by atoms with Gasteiger partial charge in [-0.05, 0) is 32.0 Å². The summed E-state index contributed by atoms with van der Waals surface area (Å²) < 4.78 is 5.34. The number of para-hydroxylation sites is 2. The molecule has 0 spiro atoms. The summed E-state index contributed by atoms with van der Waals surface area (Å²) in [5.74, 6) is 0.823. The zero-order valence-electron chi connectivity index (χ0n) is 11.1. The number of likely N-dealkylation sites (tertiary alicyclic amines) is 1. The Balaban J connectivity index is 2.15. The normalized spacial score (nSPS) is 19.5. The van der Waals surface area contributed by atoms with E-state index in [9.17, 15) is 5.11 Å². The molecule has 18 heavy (non-hydrogen) atoms. The lowest BCUT2D eigenvalue weighted by molar-refractivity contribution is 0.133. The number of methoxy groups -OCH3 is 1. The highest BCUT2D eigenvalue weighted by Crippen LogP contribution is 2.31. The predicted octanol–water partition coefficient (Wildman–Crippen LogP) is 1.56. The summed E-state index contributed by atoms with van der Waals surface area (Å²) >= 11 is 0. The van der Waals surface area contributed by atoms with Gasteiger partial charge in [-0.3, -0.25) is 0 Å². The number of rotatable bonds is 4. The van der Waals surface area contributed by atoms with Crippen LogP contribution in [0.1, 0.15) is 12.8 Å². The molecular formula is C14H22N2O2. The summed E-state index contributed by atoms with van der Waals surface area (Å²) in [5.41, 5.74) is 0.736. The number of piperidine rings is 1. The molecule has 0 aliphatic carbocycles.